The van der Waals surface area contributed by atoms with Crippen LogP contribution in [-0.4, -0.2) is 11.0 Å². The molecule has 0 atom stereocenters. The Morgan fingerprint density at radius 1 is 1.09 bits per heavy atom. The zero-order valence-corrected chi connectivity index (χ0v) is 12.3. The summed E-state index contributed by atoms with van der Waals surface area (Å²) in [6, 6.07) is 15.1. The van der Waals surface area contributed by atoms with Gasteiger partial charge in [0.15, 0.2) is 0 Å². The number of hydrogen-bond acceptors (Lipinski definition) is 4. The van der Waals surface area contributed by atoms with E-state index < -0.39 is 0 Å². The number of nitro benzene ring substituents is 1. The molecular formula is C17H19N3O2. The van der Waals surface area contributed by atoms with Crippen molar-refractivity contribution in [2.24, 2.45) is 11.7 Å². The number of nitriles is 1. The summed E-state index contributed by atoms with van der Waals surface area (Å²) in [6.45, 7) is 0. The Morgan fingerprint density at radius 3 is 2.32 bits per heavy atom. The van der Waals surface area contributed by atoms with Gasteiger partial charge in [0.2, 0.25) is 0 Å². The molecule has 0 aromatic heterocycles. The molecule has 0 saturated heterocycles. The highest BCUT2D eigenvalue weighted by Gasteiger charge is 2.17. The summed E-state index contributed by atoms with van der Waals surface area (Å²) >= 11 is 0. The van der Waals surface area contributed by atoms with Gasteiger partial charge >= 0.3 is 0 Å². The molecule has 0 heterocycles. The average molecular weight is 297 g/mol. The third-order valence-corrected chi connectivity index (χ3v) is 3.90. The molecule has 0 unspecified atom stereocenters. The second kappa shape index (κ2) is 7.53. The zero-order chi connectivity index (χ0) is 15.9. The first-order valence-corrected chi connectivity index (χ1v) is 7.38. The minimum absolute atomic E-state index is 0.138. The molecule has 3 rings (SSSR count). The van der Waals surface area contributed by atoms with E-state index in [4.69, 9.17) is 11.0 Å². The fourth-order valence-electron chi connectivity index (χ4n) is 2.54. The van der Waals surface area contributed by atoms with Gasteiger partial charge in [-0.25, -0.2) is 0 Å². The van der Waals surface area contributed by atoms with Gasteiger partial charge in [-0.2, -0.15) is 5.26 Å². The van der Waals surface area contributed by atoms with Crippen LogP contribution in [0.15, 0.2) is 42.5 Å². The van der Waals surface area contributed by atoms with E-state index in [1.54, 1.807) is 12.1 Å². The van der Waals surface area contributed by atoms with Crippen LogP contribution in [0.2, 0.25) is 0 Å². The number of nitrogens with two attached hydrogens (primary N) is 1. The minimum Gasteiger partial charge on any atom is -0.328 e. The molecule has 0 bridgehead atoms. The van der Waals surface area contributed by atoms with Gasteiger partial charge in [0, 0.05) is 24.1 Å². The maximum atomic E-state index is 10.5. The molecular weight excluding hydrogens is 278 g/mol. The molecule has 1 fully saturated rings. The normalized spacial score (nSPS) is 20.5. The van der Waals surface area contributed by atoms with Crippen molar-refractivity contribution in [1.29, 1.82) is 5.26 Å². The molecule has 0 amide bonds. The fourth-order valence-corrected chi connectivity index (χ4v) is 2.54. The Balaban J connectivity index is 0.000000172. The largest absolute Gasteiger partial charge is 0.328 e. The lowest BCUT2D eigenvalue weighted by Crippen LogP contribution is -2.25. The molecule has 1 saturated carbocycles. The second-order valence-electron chi connectivity index (χ2n) is 5.53. The van der Waals surface area contributed by atoms with Crippen molar-refractivity contribution in [3.05, 3.63) is 52.6 Å². The third-order valence-electron chi connectivity index (χ3n) is 3.90. The van der Waals surface area contributed by atoms with Crippen molar-refractivity contribution in [1.82, 2.24) is 0 Å². The molecule has 22 heavy (non-hydrogen) atoms. The first-order valence-electron chi connectivity index (χ1n) is 7.38. The molecule has 114 valence electrons. The summed E-state index contributed by atoms with van der Waals surface area (Å²) in [4.78, 5) is 10.1. The number of nitro groups is 1. The van der Waals surface area contributed by atoms with Gasteiger partial charge in [0.05, 0.1) is 11.0 Å². The van der Waals surface area contributed by atoms with Gasteiger partial charge in [-0.1, -0.05) is 24.3 Å². The highest BCUT2D eigenvalue weighted by molar-refractivity contribution is 5.84. The molecule has 5 nitrogen and oxygen atoms in total. The SMILES string of the molecule is N#CC1CCC(N)CC1.O=[N+]([O-])c1ccc2ccccc2c1. The van der Waals surface area contributed by atoms with E-state index in [9.17, 15) is 10.1 Å². The number of rotatable bonds is 1. The predicted molar refractivity (Wildman–Crippen MR) is 86.1 cm³/mol. The topological polar surface area (TPSA) is 93.0 Å². The lowest BCUT2D eigenvalue weighted by molar-refractivity contribution is -0.384. The Labute approximate surface area is 129 Å². The van der Waals surface area contributed by atoms with Crippen LogP contribution in [0.4, 0.5) is 5.69 Å². The van der Waals surface area contributed by atoms with Crippen molar-refractivity contribution in [2.45, 2.75) is 31.7 Å². The van der Waals surface area contributed by atoms with Gasteiger partial charge in [-0.3, -0.25) is 10.1 Å². The van der Waals surface area contributed by atoms with Gasteiger partial charge in [0.1, 0.15) is 0 Å². The number of fused-ring (bicyclic) bond motifs is 1. The number of non-ortho nitro benzene ring substituents is 1. The monoisotopic (exact) mass is 297 g/mol. The first-order chi connectivity index (χ1) is 10.6. The Bertz CT molecular complexity index is 686. The molecule has 0 spiro atoms. The van der Waals surface area contributed by atoms with Crippen molar-refractivity contribution in [3.63, 3.8) is 0 Å². The average Bonchev–Trinajstić information content (AvgIpc) is 2.55. The second-order valence-corrected chi connectivity index (χ2v) is 5.53. The van der Waals surface area contributed by atoms with Gasteiger partial charge in [0.25, 0.3) is 5.69 Å². The van der Waals surface area contributed by atoms with Gasteiger partial charge in [-0.05, 0) is 42.5 Å². The van der Waals surface area contributed by atoms with E-state index in [1.165, 1.54) is 6.07 Å². The van der Waals surface area contributed by atoms with Gasteiger partial charge < -0.3 is 5.73 Å². The van der Waals surface area contributed by atoms with Crippen LogP contribution in [-0.2, 0) is 0 Å². The van der Waals surface area contributed by atoms with Crippen molar-refractivity contribution in [3.8, 4) is 6.07 Å². The maximum absolute atomic E-state index is 10.5. The molecule has 0 radical (unpaired) electrons. The van der Waals surface area contributed by atoms with Crippen molar-refractivity contribution < 1.29 is 4.92 Å². The summed E-state index contributed by atoms with van der Waals surface area (Å²) in [5, 5.41) is 20.9. The Hall–Kier alpha value is -2.45. The van der Waals surface area contributed by atoms with Crippen LogP contribution in [0.5, 0.6) is 0 Å². The van der Waals surface area contributed by atoms with Gasteiger partial charge in [-0.15, -0.1) is 0 Å². The molecule has 0 aliphatic heterocycles. The summed E-state index contributed by atoms with van der Waals surface area (Å²) in [6.07, 6.45) is 4.10. The predicted octanol–water partition coefficient (Wildman–Crippen LogP) is 3.78. The quantitative estimate of drug-likeness (QED) is 0.640. The van der Waals surface area contributed by atoms with Crippen LogP contribution in [0, 0.1) is 27.4 Å². The maximum Gasteiger partial charge on any atom is 0.270 e. The van der Waals surface area contributed by atoms with E-state index in [0.717, 1.165) is 36.5 Å². The smallest absolute Gasteiger partial charge is 0.270 e. The highest BCUT2D eigenvalue weighted by Crippen LogP contribution is 2.22. The molecule has 2 aromatic carbocycles. The van der Waals surface area contributed by atoms with Crippen LogP contribution >= 0.6 is 0 Å². The summed E-state index contributed by atoms with van der Waals surface area (Å²) < 4.78 is 0. The molecule has 2 aromatic rings. The van der Waals surface area contributed by atoms with Crippen molar-refractivity contribution in [2.75, 3.05) is 0 Å². The molecule has 2 N–H and O–H groups in total. The van der Waals surface area contributed by atoms with E-state index in [1.807, 2.05) is 24.3 Å². The molecule has 1 aliphatic rings. The van der Waals surface area contributed by atoms with Crippen LogP contribution in [0.3, 0.4) is 0 Å². The van der Waals surface area contributed by atoms with E-state index in [-0.39, 0.29) is 10.6 Å². The third kappa shape index (κ3) is 4.27. The van der Waals surface area contributed by atoms with E-state index in [2.05, 4.69) is 6.07 Å². The lowest BCUT2D eigenvalue weighted by Gasteiger charge is -2.20. The highest BCUT2D eigenvalue weighted by atomic mass is 16.6. The minimum atomic E-state index is -0.382. The first kappa shape index (κ1) is 15.9. The summed E-state index contributed by atoms with van der Waals surface area (Å²) in [7, 11) is 0. The van der Waals surface area contributed by atoms with Crippen LogP contribution < -0.4 is 5.73 Å². The lowest BCUT2D eigenvalue weighted by atomic mass is 9.88. The van der Waals surface area contributed by atoms with Crippen molar-refractivity contribution >= 4 is 16.5 Å². The van der Waals surface area contributed by atoms with Crippen LogP contribution in [0.25, 0.3) is 10.8 Å². The van der Waals surface area contributed by atoms with Crippen LogP contribution in [0.1, 0.15) is 25.7 Å². The van der Waals surface area contributed by atoms with E-state index >= 15 is 0 Å². The zero-order valence-electron chi connectivity index (χ0n) is 12.3. The Morgan fingerprint density at radius 2 is 1.73 bits per heavy atom. The molecule has 5 heteroatoms. The van der Waals surface area contributed by atoms with E-state index in [0.29, 0.717) is 12.0 Å². The Kier molecular flexibility index (Phi) is 5.45. The number of hydrogen-bond donors (Lipinski definition) is 1. The number of benzene rings is 2. The summed E-state index contributed by atoms with van der Waals surface area (Å²) in [5.41, 5.74) is 5.78. The summed E-state index contributed by atoms with van der Waals surface area (Å²) in [5.74, 6) is 0.296. The fraction of sp³-hybridized carbons (Fsp3) is 0.353. The molecule has 1 aliphatic carbocycles. The standard InChI is InChI=1S/C10H7NO2.C7H12N2/c12-11(13)10-6-5-8-3-1-2-4-9(8)7-10;8-5-6-1-3-7(9)4-2-6/h1-7H;6-7H,1-4,9H2. The number of nitrogens with zero attached hydrogens (tertiary/aromatic N) is 2.